The summed E-state index contributed by atoms with van der Waals surface area (Å²) in [6, 6.07) is 6.77. The summed E-state index contributed by atoms with van der Waals surface area (Å²) >= 11 is 0. The van der Waals surface area contributed by atoms with E-state index in [4.69, 9.17) is 0 Å². The second-order valence-corrected chi connectivity index (χ2v) is 4.76. The third-order valence-corrected chi connectivity index (χ3v) is 3.12. The van der Waals surface area contributed by atoms with Gasteiger partial charge >= 0.3 is 6.18 Å². The van der Waals surface area contributed by atoms with Gasteiger partial charge in [-0.05, 0) is 35.9 Å². The van der Waals surface area contributed by atoms with Crippen molar-refractivity contribution < 1.29 is 17.6 Å². The Morgan fingerprint density at radius 3 is 2.43 bits per heavy atom. The van der Waals surface area contributed by atoms with Crippen molar-refractivity contribution in [1.29, 1.82) is 0 Å². The summed E-state index contributed by atoms with van der Waals surface area (Å²) in [7, 11) is 0. The number of pyridine rings is 1. The number of anilines is 1. The number of aromatic nitrogens is 3. The highest BCUT2D eigenvalue weighted by molar-refractivity contribution is 5.89. The van der Waals surface area contributed by atoms with E-state index in [0.717, 1.165) is 17.7 Å². The lowest BCUT2D eigenvalue weighted by molar-refractivity contribution is -0.144. The Morgan fingerprint density at radius 1 is 1.00 bits per heavy atom. The van der Waals surface area contributed by atoms with Gasteiger partial charge in [-0.15, -0.1) is 0 Å². The van der Waals surface area contributed by atoms with Crippen LogP contribution in [0.25, 0.3) is 10.9 Å². The molecule has 2 heterocycles. The molecule has 0 aliphatic rings. The largest absolute Gasteiger partial charge is 0.451 e. The third-order valence-electron chi connectivity index (χ3n) is 3.12. The van der Waals surface area contributed by atoms with E-state index < -0.39 is 17.8 Å². The van der Waals surface area contributed by atoms with E-state index in [9.17, 15) is 17.6 Å². The first-order valence-corrected chi connectivity index (χ1v) is 6.61. The number of rotatable bonds is 3. The van der Waals surface area contributed by atoms with Gasteiger partial charge in [-0.2, -0.15) is 13.2 Å². The van der Waals surface area contributed by atoms with Gasteiger partial charge < -0.3 is 5.32 Å². The maximum atomic E-state index is 13.4. The molecule has 4 nitrogen and oxygen atoms in total. The number of hydrogen-bond acceptors (Lipinski definition) is 4. The number of nitrogens with zero attached hydrogens (tertiary/aromatic N) is 3. The average Bonchev–Trinajstić information content (AvgIpc) is 2.52. The Labute approximate surface area is 128 Å². The standard InChI is InChI=1S/C15H10F4N4/c16-10-1-2-12-11(7-10)13(23-14(22-12)15(17,18)19)21-8-9-3-5-20-6-4-9/h1-7H,8H2,(H,21,22,23). The van der Waals surface area contributed by atoms with Crippen molar-refractivity contribution in [2.45, 2.75) is 12.7 Å². The molecular weight excluding hydrogens is 312 g/mol. The Balaban J connectivity index is 2.03. The quantitative estimate of drug-likeness (QED) is 0.745. The van der Waals surface area contributed by atoms with Crippen molar-refractivity contribution in [2.75, 3.05) is 5.32 Å². The number of hydrogen-bond donors (Lipinski definition) is 1. The number of halogens is 4. The van der Waals surface area contributed by atoms with Crippen LogP contribution in [0.4, 0.5) is 23.4 Å². The van der Waals surface area contributed by atoms with Crippen LogP contribution < -0.4 is 5.32 Å². The zero-order valence-corrected chi connectivity index (χ0v) is 11.6. The minimum Gasteiger partial charge on any atom is -0.365 e. The summed E-state index contributed by atoms with van der Waals surface area (Å²) in [4.78, 5) is 10.8. The van der Waals surface area contributed by atoms with Crippen LogP contribution in [-0.2, 0) is 12.7 Å². The van der Waals surface area contributed by atoms with Gasteiger partial charge in [0, 0.05) is 24.3 Å². The summed E-state index contributed by atoms with van der Waals surface area (Å²) < 4.78 is 52.1. The molecule has 0 saturated carbocycles. The first kappa shape index (κ1) is 15.1. The van der Waals surface area contributed by atoms with Gasteiger partial charge in [0.15, 0.2) is 0 Å². The predicted octanol–water partition coefficient (Wildman–Crippen LogP) is 3.79. The molecule has 0 amide bonds. The van der Waals surface area contributed by atoms with E-state index in [1.807, 2.05) is 0 Å². The van der Waals surface area contributed by atoms with Crippen LogP contribution in [0.3, 0.4) is 0 Å². The normalized spacial score (nSPS) is 11.7. The Hall–Kier alpha value is -2.77. The molecule has 0 aliphatic carbocycles. The fourth-order valence-electron chi connectivity index (χ4n) is 2.05. The van der Waals surface area contributed by atoms with E-state index in [-0.39, 0.29) is 23.3 Å². The van der Waals surface area contributed by atoms with Crippen molar-refractivity contribution in [1.82, 2.24) is 15.0 Å². The van der Waals surface area contributed by atoms with Crippen LogP contribution in [0.5, 0.6) is 0 Å². The van der Waals surface area contributed by atoms with Crippen LogP contribution in [-0.4, -0.2) is 15.0 Å². The molecule has 23 heavy (non-hydrogen) atoms. The Kier molecular flexibility index (Phi) is 3.81. The summed E-state index contributed by atoms with van der Waals surface area (Å²) in [5.41, 5.74) is 0.822. The van der Waals surface area contributed by atoms with E-state index in [2.05, 4.69) is 20.3 Å². The molecule has 0 atom stereocenters. The van der Waals surface area contributed by atoms with Crippen LogP contribution in [0, 0.1) is 5.82 Å². The average molecular weight is 322 g/mol. The molecule has 1 N–H and O–H groups in total. The fraction of sp³-hybridized carbons (Fsp3) is 0.133. The zero-order chi connectivity index (χ0) is 16.4. The summed E-state index contributed by atoms with van der Waals surface area (Å²) in [6.07, 6.45) is -1.55. The van der Waals surface area contributed by atoms with Crippen LogP contribution >= 0.6 is 0 Å². The van der Waals surface area contributed by atoms with Crippen molar-refractivity contribution >= 4 is 16.7 Å². The molecule has 0 spiro atoms. The molecule has 118 valence electrons. The van der Waals surface area contributed by atoms with Crippen LogP contribution in [0.2, 0.25) is 0 Å². The third kappa shape index (κ3) is 3.36. The van der Waals surface area contributed by atoms with E-state index in [1.165, 1.54) is 6.07 Å². The van der Waals surface area contributed by atoms with Crippen molar-refractivity contribution in [3.05, 3.63) is 59.9 Å². The van der Waals surface area contributed by atoms with E-state index in [1.54, 1.807) is 24.5 Å². The monoisotopic (exact) mass is 322 g/mol. The highest BCUT2D eigenvalue weighted by atomic mass is 19.4. The second kappa shape index (κ2) is 5.79. The lowest BCUT2D eigenvalue weighted by Gasteiger charge is -2.12. The van der Waals surface area contributed by atoms with Gasteiger partial charge in [0.05, 0.1) is 5.52 Å². The maximum Gasteiger partial charge on any atom is 0.451 e. The molecule has 0 unspecified atom stereocenters. The van der Waals surface area contributed by atoms with Crippen LogP contribution in [0.1, 0.15) is 11.4 Å². The highest BCUT2D eigenvalue weighted by Crippen LogP contribution is 2.30. The fourth-order valence-corrected chi connectivity index (χ4v) is 2.05. The maximum absolute atomic E-state index is 13.4. The summed E-state index contributed by atoms with van der Waals surface area (Å²) in [5, 5.41) is 2.99. The molecule has 3 aromatic rings. The molecule has 0 radical (unpaired) electrons. The van der Waals surface area contributed by atoms with Gasteiger partial charge in [0.25, 0.3) is 0 Å². The highest BCUT2D eigenvalue weighted by Gasteiger charge is 2.35. The lowest BCUT2D eigenvalue weighted by atomic mass is 10.2. The first-order valence-electron chi connectivity index (χ1n) is 6.61. The number of nitrogens with one attached hydrogen (secondary N) is 1. The molecule has 0 aliphatic heterocycles. The smallest absolute Gasteiger partial charge is 0.365 e. The van der Waals surface area contributed by atoms with Crippen molar-refractivity contribution in [3.8, 4) is 0 Å². The minimum atomic E-state index is -4.68. The molecule has 1 aromatic carbocycles. The van der Waals surface area contributed by atoms with Crippen molar-refractivity contribution in [2.24, 2.45) is 0 Å². The zero-order valence-electron chi connectivity index (χ0n) is 11.6. The molecule has 0 saturated heterocycles. The van der Waals surface area contributed by atoms with Gasteiger partial charge in [-0.25, -0.2) is 14.4 Å². The first-order chi connectivity index (χ1) is 10.9. The van der Waals surface area contributed by atoms with Gasteiger partial charge in [0.2, 0.25) is 5.82 Å². The van der Waals surface area contributed by atoms with Gasteiger partial charge in [-0.3, -0.25) is 4.98 Å². The molecule has 0 bridgehead atoms. The SMILES string of the molecule is Fc1ccc2nc(C(F)(F)F)nc(NCc3ccncc3)c2c1. The van der Waals surface area contributed by atoms with Gasteiger partial charge in [0.1, 0.15) is 11.6 Å². The number of fused-ring (bicyclic) bond motifs is 1. The Bertz CT molecular complexity index is 834. The Morgan fingerprint density at radius 2 is 1.74 bits per heavy atom. The lowest BCUT2D eigenvalue weighted by Crippen LogP contribution is -2.13. The van der Waals surface area contributed by atoms with E-state index in [0.29, 0.717) is 0 Å². The van der Waals surface area contributed by atoms with Crippen molar-refractivity contribution in [3.63, 3.8) is 0 Å². The molecule has 3 rings (SSSR count). The molecule has 2 aromatic heterocycles. The summed E-state index contributed by atoms with van der Waals surface area (Å²) in [5.74, 6) is -1.92. The predicted molar refractivity (Wildman–Crippen MR) is 76.1 cm³/mol. The number of benzene rings is 1. The van der Waals surface area contributed by atoms with Gasteiger partial charge in [-0.1, -0.05) is 0 Å². The van der Waals surface area contributed by atoms with Crippen LogP contribution in [0.15, 0.2) is 42.7 Å². The summed E-state index contributed by atoms with van der Waals surface area (Å²) in [6.45, 7) is 0.225. The minimum absolute atomic E-state index is 0.0194. The molecular formula is C15H10F4N4. The molecule has 8 heteroatoms. The topological polar surface area (TPSA) is 50.7 Å². The number of alkyl halides is 3. The second-order valence-electron chi connectivity index (χ2n) is 4.76. The molecule has 0 fully saturated rings. The van der Waals surface area contributed by atoms with E-state index >= 15 is 0 Å².